The summed E-state index contributed by atoms with van der Waals surface area (Å²) >= 11 is 0. The number of hydrogen-bond donors (Lipinski definition) is 0. The normalized spacial score (nSPS) is 13.0. The van der Waals surface area contributed by atoms with Gasteiger partial charge in [0, 0.05) is 39.4 Å². The van der Waals surface area contributed by atoms with Gasteiger partial charge in [-0.2, -0.15) is 0 Å². The molecule has 1 aliphatic carbocycles. The Balaban J connectivity index is 1.26. The summed E-state index contributed by atoms with van der Waals surface area (Å²) in [7, 11) is 0. The molecule has 0 unspecified atom stereocenters. The highest BCUT2D eigenvalue weighted by Crippen LogP contribution is 2.51. The first-order chi connectivity index (χ1) is 25.5. The van der Waals surface area contributed by atoms with Crippen LogP contribution in [0.15, 0.2) is 164 Å². The minimum absolute atomic E-state index is 0.116. The van der Waals surface area contributed by atoms with Crippen molar-refractivity contribution in [3.05, 3.63) is 175 Å². The van der Waals surface area contributed by atoms with Crippen LogP contribution in [0.4, 0.5) is 0 Å². The van der Waals surface area contributed by atoms with E-state index in [1.807, 2.05) is 72.9 Å². The van der Waals surface area contributed by atoms with E-state index >= 15 is 0 Å². The standard InChI is InChI=1S/C47H33N5/c1-47(2)39-22-13-12-21-36(39)37-29-42-38(28-40(37)47)43-41(23-14-24-48-43)52(42)35-26-33(30-15-6-3-7-16-30)25-34(27-35)46-50-44(31-17-8-4-9-18-31)49-45(51-46)32-19-10-5-11-20-32/h3-29H,1-2H3. The number of pyridine rings is 1. The summed E-state index contributed by atoms with van der Waals surface area (Å²) in [5, 5.41) is 1.14. The fourth-order valence-electron chi connectivity index (χ4n) is 7.91. The third kappa shape index (κ3) is 4.78. The zero-order valence-electron chi connectivity index (χ0n) is 28.8. The molecule has 3 aromatic heterocycles. The molecule has 9 aromatic rings. The molecule has 5 nitrogen and oxygen atoms in total. The van der Waals surface area contributed by atoms with Crippen LogP contribution >= 0.6 is 0 Å². The van der Waals surface area contributed by atoms with Gasteiger partial charge in [0.1, 0.15) is 0 Å². The maximum absolute atomic E-state index is 5.13. The highest BCUT2D eigenvalue weighted by Gasteiger charge is 2.36. The molecular weight excluding hydrogens is 635 g/mol. The van der Waals surface area contributed by atoms with Crippen LogP contribution < -0.4 is 0 Å². The van der Waals surface area contributed by atoms with Crippen LogP contribution in [0.25, 0.3) is 84.0 Å². The Morgan fingerprint density at radius 1 is 0.442 bits per heavy atom. The van der Waals surface area contributed by atoms with E-state index in [-0.39, 0.29) is 5.41 Å². The number of aromatic nitrogens is 5. The maximum atomic E-state index is 5.13. The summed E-state index contributed by atoms with van der Waals surface area (Å²) in [5.74, 6) is 1.88. The monoisotopic (exact) mass is 667 g/mol. The second-order valence-electron chi connectivity index (χ2n) is 14.0. The molecule has 1 aliphatic rings. The van der Waals surface area contributed by atoms with E-state index in [9.17, 15) is 0 Å². The van der Waals surface area contributed by atoms with Gasteiger partial charge in [0.15, 0.2) is 17.5 Å². The summed E-state index contributed by atoms with van der Waals surface area (Å²) in [6, 6.07) is 55.2. The summed E-state index contributed by atoms with van der Waals surface area (Å²) < 4.78 is 2.36. The molecule has 0 N–H and O–H groups in total. The van der Waals surface area contributed by atoms with Crippen LogP contribution in [0.5, 0.6) is 0 Å². The summed E-state index contributed by atoms with van der Waals surface area (Å²) in [6.07, 6.45) is 1.89. The van der Waals surface area contributed by atoms with Gasteiger partial charge < -0.3 is 4.57 Å². The molecule has 0 radical (unpaired) electrons. The molecule has 0 atom stereocenters. The molecule has 0 amide bonds. The van der Waals surface area contributed by atoms with Gasteiger partial charge in [0.25, 0.3) is 0 Å². The smallest absolute Gasteiger partial charge is 0.164 e. The molecule has 6 aromatic carbocycles. The average Bonchev–Trinajstić information content (AvgIpc) is 3.65. The lowest BCUT2D eigenvalue weighted by Crippen LogP contribution is -2.14. The van der Waals surface area contributed by atoms with Gasteiger partial charge in [-0.1, -0.05) is 129 Å². The Hall–Kier alpha value is -6.72. The molecule has 0 saturated heterocycles. The first-order valence-corrected chi connectivity index (χ1v) is 17.6. The van der Waals surface area contributed by atoms with Gasteiger partial charge in [0.05, 0.1) is 16.6 Å². The Labute approximate surface area is 302 Å². The van der Waals surface area contributed by atoms with E-state index in [1.165, 1.54) is 22.3 Å². The lowest BCUT2D eigenvalue weighted by Gasteiger charge is -2.21. The van der Waals surface area contributed by atoms with Crippen molar-refractivity contribution >= 4 is 21.9 Å². The van der Waals surface area contributed by atoms with Gasteiger partial charge >= 0.3 is 0 Å². The summed E-state index contributed by atoms with van der Waals surface area (Å²) in [4.78, 5) is 20.2. The highest BCUT2D eigenvalue weighted by molar-refractivity contribution is 6.09. The van der Waals surface area contributed by atoms with Gasteiger partial charge in [0.2, 0.25) is 0 Å². The molecule has 0 fully saturated rings. The topological polar surface area (TPSA) is 56.5 Å². The van der Waals surface area contributed by atoms with Crippen LogP contribution in [-0.4, -0.2) is 24.5 Å². The van der Waals surface area contributed by atoms with Crippen LogP contribution in [0.2, 0.25) is 0 Å². The Morgan fingerprint density at radius 3 is 1.69 bits per heavy atom. The lowest BCUT2D eigenvalue weighted by atomic mass is 9.82. The van der Waals surface area contributed by atoms with E-state index in [4.69, 9.17) is 19.9 Å². The minimum atomic E-state index is -0.116. The van der Waals surface area contributed by atoms with Crippen molar-refractivity contribution in [1.29, 1.82) is 0 Å². The summed E-state index contributed by atoms with van der Waals surface area (Å²) in [6.45, 7) is 4.65. The van der Waals surface area contributed by atoms with Crippen LogP contribution in [0.3, 0.4) is 0 Å². The molecular formula is C47H33N5. The zero-order valence-corrected chi connectivity index (χ0v) is 28.8. The molecule has 246 valence electrons. The predicted octanol–water partition coefficient (Wildman–Crippen LogP) is 11.3. The van der Waals surface area contributed by atoms with Crippen molar-refractivity contribution in [2.45, 2.75) is 19.3 Å². The van der Waals surface area contributed by atoms with E-state index in [1.54, 1.807) is 0 Å². The van der Waals surface area contributed by atoms with Crippen molar-refractivity contribution in [2.75, 3.05) is 0 Å². The first kappa shape index (κ1) is 30.1. The van der Waals surface area contributed by atoms with Crippen molar-refractivity contribution in [2.24, 2.45) is 0 Å². The number of fused-ring (bicyclic) bond motifs is 6. The Bertz CT molecular complexity index is 2750. The van der Waals surface area contributed by atoms with Crippen LogP contribution in [0, 0.1) is 0 Å². The van der Waals surface area contributed by atoms with Crippen LogP contribution in [0.1, 0.15) is 25.0 Å². The predicted molar refractivity (Wildman–Crippen MR) is 211 cm³/mol. The lowest BCUT2D eigenvalue weighted by molar-refractivity contribution is 0.661. The second-order valence-corrected chi connectivity index (χ2v) is 14.0. The molecule has 0 spiro atoms. The third-order valence-electron chi connectivity index (χ3n) is 10.5. The third-order valence-corrected chi connectivity index (χ3v) is 10.5. The fraction of sp³-hybridized carbons (Fsp3) is 0.0638. The van der Waals surface area contributed by atoms with E-state index in [0.717, 1.165) is 55.4 Å². The van der Waals surface area contributed by atoms with Crippen molar-refractivity contribution in [1.82, 2.24) is 24.5 Å². The Morgan fingerprint density at radius 2 is 1.02 bits per heavy atom. The number of benzene rings is 6. The SMILES string of the molecule is CC1(C)c2ccccc2-c2cc3c(cc21)c1ncccc1n3-c1cc(-c2ccccc2)cc(-c2nc(-c3ccccc3)nc(-c3ccccc3)n2)c1. The molecule has 0 aliphatic heterocycles. The molecule has 0 saturated carbocycles. The molecule has 0 bridgehead atoms. The van der Waals surface area contributed by atoms with Crippen LogP contribution in [-0.2, 0) is 5.41 Å². The molecule has 5 heteroatoms. The minimum Gasteiger partial charge on any atom is -0.308 e. The number of hydrogen-bond acceptors (Lipinski definition) is 4. The Kier molecular flexibility index (Phi) is 6.77. The fourth-order valence-corrected chi connectivity index (χ4v) is 7.91. The molecule has 52 heavy (non-hydrogen) atoms. The second kappa shape index (κ2) is 11.7. The molecule has 3 heterocycles. The largest absolute Gasteiger partial charge is 0.308 e. The zero-order chi connectivity index (χ0) is 34.8. The van der Waals surface area contributed by atoms with Gasteiger partial charge in [-0.3, -0.25) is 4.98 Å². The van der Waals surface area contributed by atoms with E-state index < -0.39 is 0 Å². The van der Waals surface area contributed by atoms with E-state index in [0.29, 0.717) is 17.5 Å². The maximum Gasteiger partial charge on any atom is 0.164 e. The van der Waals surface area contributed by atoms with Crippen molar-refractivity contribution in [3.8, 4) is 62.1 Å². The number of nitrogens with zero attached hydrogens (tertiary/aromatic N) is 5. The average molecular weight is 668 g/mol. The van der Waals surface area contributed by atoms with Gasteiger partial charge in [-0.15, -0.1) is 0 Å². The van der Waals surface area contributed by atoms with Crippen molar-refractivity contribution in [3.63, 3.8) is 0 Å². The highest BCUT2D eigenvalue weighted by atomic mass is 15.0. The van der Waals surface area contributed by atoms with Gasteiger partial charge in [-0.05, 0) is 75.8 Å². The number of rotatable bonds is 5. The van der Waals surface area contributed by atoms with E-state index in [2.05, 4.69) is 109 Å². The first-order valence-electron chi connectivity index (χ1n) is 17.6. The summed E-state index contributed by atoms with van der Waals surface area (Å²) in [5.41, 5.74) is 14.3. The van der Waals surface area contributed by atoms with Gasteiger partial charge in [-0.25, -0.2) is 15.0 Å². The van der Waals surface area contributed by atoms with Crippen molar-refractivity contribution < 1.29 is 0 Å². The quantitative estimate of drug-likeness (QED) is 0.183. The molecule has 10 rings (SSSR count).